The van der Waals surface area contributed by atoms with Crippen LogP contribution in [0.2, 0.25) is 0 Å². The third kappa shape index (κ3) is 2.05. The van der Waals surface area contributed by atoms with Crippen molar-refractivity contribution in [2.24, 2.45) is 11.8 Å². The molecule has 3 heterocycles. The number of fused-ring (bicyclic) bond motifs is 2. The van der Waals surface area contributed by atoms with Crippen molar-refractivity contribution in [3.8, 4) is 0 Å². The molecule has 0 aliphatic carbocycles. The van der Waals surface area contributed by atoms with E-state index in [1.807, 2.05) is 11.3 Å². The Hall–Kier alpha value is -1.06. The van der Waals surface area contributed by atoms with E-state index in [1.54, 1.807) is 0 Å². The fourth-order valence-electron chi connectivity index (χ4n) is 3.71. The van der Waals surface area contributed by atoms with Crippen molar-refractivity contribution in [3.05, 3.63) is 29.6 Å². The Morgan fingerprint density at radius 1 is 1.05 bits per heavy atom. The zero-order chi connectivity index (χ0) is 12.7. The first-order chi connectivity index (χ1) is 9.42. The average molecular weight is 272 g/mol. The van der Waals surface area contributed by atoms with Crippen LogP contribution in [0.25, 0.3) is 10.1 Å². The first-order valence-electron chi connectivity index (χ1n) is 7.34. The van der Waals surface area contributed by atoms with Gasteiger partial charge in [0, 0.05) is 28.9 Å². The molecule has 1 aromatic carbocycles. The third-order valence-corrected chi connectivity index (χ3v) is 5.71. The molecular formula is C16H20N2S. The van der Waals surface area contributed by atoms with Gasteiger partial charge in [-0.3, -0.25) is 0 Å². The molecule has 3 heteroatoms. The van der Waals surface area contributed by atoms with Crippen LogP contribution in [0.15, 0.2) is 29.6 Å². The molecule has 2 saturated heterocycles. The predicted molar refractivity (Wildman–Crippen MR) is 83.1 cm³/mol. The lowest BCUT2D eigenvalue weighted by molar-refractivity contribution is 0.409. The van der Waals surface area contributed by atoms with Gasteiger partial charge in [0.15, 0.2) is 0 Å². The Labute approximate surface area is 118 Å². The molecule has 0 amide bonds. The minimum Gasteiger partial charge on any atom is -0.371 e. The number of hydrogen-bond acceptors (Lipinski definition) is 3. The van der Waals surface area contributed by atoms with Crippen molar-refractivity contribution in [2.75, 3.05) is 31.1 Å². The first kappa shape index (κ1) is 11.7. The normalized spacial score (nSPS) is 27.5. The van der Waals surface area contributed by atoms with Gasteiger partial charge in [-0.1, -0.05) is 6.07 Å². The van der Waals surface area contributed by atoms with E-state index in [-0.39, 0.29) is 0 Å². The molecule has 0 spiro atoms. The van der Waals surface area contributed by atoms with Crippen molar-refractivity contribution in [2.45, 2.75) is 12.8 Å². The van der Waals surface area contributed by atoms with Gasteiger partial charge in [-0.15, -0.1) is 11.3 Å². The molecule has 2 fully saturated rings. The number of hydrogen-bond donors (Lipinski definition) is 1. The average Bonchev–Trinajstić information content (AvgIpc) is 3.04. The molecule has 1 N–H and O–H groups in total. The molecule has 1 aromatic heterocycles. The van der Waals surface area contributed by atoms with Crippen molar-refractivity contribution in [1.29, 1.82) is 0 Å². The van der Waals surface area contributed by atoms with Gasteiger partial charge in [0.1, 0.15) is 0 Å². The fourth-order valence-corrected chi connectivity index (χ4v) is 4.52. The fraction of sp³-hybridized carbons (Fsp3) is 0.500. The molecule has 100 valence electrons. The topological polar surface area (TPSA) is 15.3 Å². The summed E-state index contributed by atoms with van der Waals surface area (Å²) in [6.07, 6.45) is 2.69. The third-order valence-electron chi connectivity index (χ3n) is 4.83. The number of nitrogens with one attached hydrogen (secondary N) is 1. The Bertz CT molecular complexity index is 563. The summed E-state index contributed by atoms with van der Waals surface area (Å²) in [7, 11) is 0. The molecule has 0 bridgehead atoms. The predicted octanol–water partition coefficient (Wildman–Crippen LogP) is 3.34. The van der Waals surface area contributed by atoms with E-state index in [2.05, 4.69) is 39.9 Å². The Balaban J connectivity index is 1.63. The zero-order valence-electron chi connectivity index (χ0n) is 11.1. The highest BCUT2D eigenvalue weighted by Gasteiger charge is 2.30. The second-order valence-corrected chi connectivity index (χ2v) is 6.80. The number of benzene rings is 1. The molecule has 2 nitrogen and oxygen atoms in total. The van der Waals surface area contributed by atoms with Crippen LogP contribution in [-0.4, -0.2) is 26.2 Å². The quantitative estimate of drug-likeness (QED) is 0.856. The molecule has 2 aliphatic heterocycles. The summed E-state index contributed by atoms with van der Waals surface area (Å²) in [6, 6.07) is 9.03. The monoisotopic (exact) mass is 272 g/mol. The maximum atomic E-state index is 3.56. The molecule has 2 aromatic rings. The Morgan fingerprint density at radius 3 is 2.63 bits per heavy atom. The number of anilines is 1. The lowest BCUT2D eigenvalue weighted by Gasteiger charge is -2.24. The van der Waals surface area contributed by atoms with Gasteiger partial charge >= 0.3 is 0 Å². The summed E-state index contributed by atoms with van der Waals surface area (Å²) >= 11 is 1.85. The molecule has 0 saturated carbocycles. The van der Waals surface area contributed by atoms with Crippen LogP contribution < -0.4 is 10.2 Å². The van der Waals surface area contributed by atoms with Crippen LogP contribution in [0.3, 0.4) is 0 Å². The van der Waals surface area contributed by atoms with Crippen LogP contribution >= 0.6 is 11.3 Å². The van der Waals surface area contributed by atoms with Gasteiger partial charge in [0.25, 0.3) is 0 Å². The smallest absolute Gasteiger partial charge is 0.0454 e. The summed E-state index contributed by atoms with van der Waals surface area (Å²) in [5, 5.41) is 7.21. The maximum absolute atomic E-state index is 3.56. The minimum atomic E-state index is 0.909. The second kappa shape index (κ2) is 4.80. The lowest BCUT2D eigenvalue weighted by Crippen LogP contribution is -2.25. The van der Waals surface area contributed by atoms with Gasteiger partial charge in [-0.05, 0) is 61.3 Å². The highest BCUT2D eigenvalue weighted by Crippen LogP contribution is 2.34. The van der Waals surface area contributed by atoms with Gasteiger partial charge in [0.2, 0.25) is 0 Å². The van der Waals surface area contributed by atoms with Crippen LogP contribution in [0.4, 0.5) is 5.69 Å². The van der Waals surface area contributed by atoms with E-state index >= 15 is 0 Å². The summed E-state index contributed by atoms with van der Waals surface area (Å²) in [5.74, 6) is 1.82. The standard InChI is InChI=1S/C16H20N2S/c1-2-15(14-6-9-19-16(14)3-1)18-7-4-12-10-17-11-13(12)5-8-18/h1-3,6,9,12-13,17H,4-5,7-8,10-11H2. The van der Waals surface area contributed by atoms with Gasteiger partial charge in [-0.2, -0.15) is 0 Å². The molecule has 2 aliphatic rings. The SMILES string of the molecule is c1cc(N2CCC3CNCC3CC2)c2ccsc2c1. The largest absolute Gasteiger partial charge is 0.371 e. The van der Waals surface area contributed by atoms with Crippen molar-refractivity contribution in [3.63, 3.8) is 0 Å². The van der Waals surface area contributed by atoms with E-state index in [4.69, 9.17) is 0 Å². The summed E-state index contributed by atoms with van der Waals surface area (Å²) in [5.41, 5.74) is 1.45. The number of rotatable bonds is 1. The van der Waals surface area contributed by atoms with Crippen molar-refractivity contribution in [1.82, 2.24) is 5.32 Å². The van der Waals surface area contributed by atoms with E-state index < -0.39 is 0 Å². The van der Waals surface area contributed by atoms with E-state index in [0.29, 0.717) is 0 Å². The number of thiophene rings is 1. The first-order valence-corrected chi connectivity index (χ1v) is 8.22. The summed E-state index contributed by atoms with van der Waals surface area (Å²) in [4.78, 5) is 2.62. The van der Waals surface area contributed by atoms with Gasteiger partial charge < -0.3 is 10.2 Å². The molecule has 4 rings (SSSR count). The second-order valence-electron chi connectivity index (χ2n) is 5.85. The zero-order valence-corrected chi connectivity index (χ0v) is 12.0. The lowest BCUT2D eigenvalue weighted by atomic mass is 9.92. The molecular weight excluding hydrogens is 252 g/mol. The number of nitrogens with zero attached hydrogens (tertiary/aromatic N) is 1. The molecule has 0 radical (unpaired) electrons. The Kier molecular flexibility index (Phi) is 2.97. The Morgan fingerprint density at radius 2 is 1.84 bits per heavy atom. The van der Waals surface area contributed by atoms with Crippen LogP contribution in [-0.2, 0) is 0 Å². The molecule has 2 atom stereocenters. The van der Waals surface area contributed by atoms with E-state index in [9.17, 15) is 0 Å². The van der Waals surface area contributed by atoms with Crippen LogP contribution in [0.5, 0.6) is 0 Å². The van der Waals surface area contributed by atoms with E-state index in [1.165, 1.54) is 54.8 Å². The van der Waals surface area contributed by atoms with Crippen molar-refractivity contribution < 1.29 is 0 Å². The summed E-state index contributed by atoms with van der Waals surface area (Å²) < 4.78 is 1.42. The molecule has 2 unspecified atom stereocenters. The van der Waals surface area contributed by atoms with Crippen LogP contribution in [0, 0.1) is 11.8 Å². The highest BCUT2D eigenvalue weighted by atomic mass is 32.1. The molecule has 19 heavy (non-hydrogen) atoms. The van der Waals surface area contributed by atoms with Gasteiger partial charge in [0.05, 0.1) is 0 Å². The highest BCUT2D eigenvalue weighted by molar-refractivity contribution is 7.17. The van der Waals surface area contributed by atoms with Crippen LogP contribution in [0.1, 0.15) is 12.8 Å². The maximum Gasteiger partial charge on any atom is 0.0454 e. The summed E-state index contributed by atoms with van der Waals surface area (Å²) in [6.45, 7) is 4.91. The van der Waals surface area contributed by atoms with E-state index in [0.717, 1.165) is 11.8 Å². The van der Waals surface area contributed by atoms with Gasteiger partial charge in [-0.25, -0.2) is 0 Å². The van der Waals surface area contributed by atoms with Crippen molar-refractivity contribution >= 4 is 27.1 Å². The minimum absolute atomic E-state index is 0.909.